The fourth-order valence-corrected chi connectivity index (χ4v) is 2.65. The molecule has 1 saturated heterocycles. The highest BCUT2D eigenvalue weighted by atomic mass is 16.6. The molecular formula is C17H13NO4. The Morgan fingerprint density at radius 3 is 2.23 bits per heavy atom. The summed E-state index contributed by atoms with van der Waals surface area (Å²) in [7, 11) is 0. The van der Waals surface area contributed by atoms with Crippen molar-refractivity contribution in [3.63, 3.8) is 0 Å². The van der Waals surface area contributed by atoms with E-state index in [4.69, 9.17) is 4.74 Å². The average Bonchev–Trinajstić information content (AvgIpc) is 2.84. The minimum atomic E-state index is -0.511. The predicted octanol–water partition coefficient (Wildman–Crippen LogP) is 3.53. The van der Waals surface area contributed by atoms with Crippen molar-refractivity contribution in [1.29, 1.82) is 0 Å². The van der Waals surface area contributed by atoms with Crippen molar-refractivity contribution in [3.05, 3.63) is 88.0 Å². The maximum atomic E-state index is 11.9. The van der Waals surface area contributed by atoms with Crippen LogP contribution < -0.4 is 0 Å². The predicted molar refractivity (Wildman–Crippen MR) is 80.3 cm³/mol. The minimum absolute atomic E-state index is 0.00293. The van der Waals surface area contributed by atoms with Crippen molar-refractivity contribution in [2.24, 2.45) is 0 Å². The molecule has 3 rings (SSSR count). The molecule has 0 amide bonds. The van der Waals surface area contributed by atoms with Gasteiger partial charge in [0.15, 0.2) is 0 Å². The van der Waals surface area contributed by atoms with Crippen LogP contribution in [0.25, 0.3) is 0 Å². The first-order valence-electron chi connectivity index (χ1n) is 6.77. The van der Waals surface area contributed by atoms with Gasteiger partial charge >= 0.3 is 5.97 Å². The summed E-state index contributed by atoms with van der Waals surface area (Å²) in [6.45, 7) is 3.83. The van der Waals surface area contributed by atoms with Gasteiger partial charge in [0.2, 0.25) is 0 Å². The van der Waals surface area contributed by atoms with E-state index in [1.165, 1.54) is 12.1 Å². The molecule has 2 atom stereocenters. The lowest BCUT2D eigenvalue weighted by Gasteiger charge is -2.18. The molecule has 0 aromatic heterocycles. The van der Waals surface area contributed by atoms with Gasteiger partial charge in [0.1, 0.15) is 6.10 Å². The molecule has 0 spiro atoms. The van der Waals surface area contributed by atoms with Crippen LogP contribution in [0.3, 0.4) is 0 Å². The van der Waals surface area contributed by atoms with Crippen molar-refractivity contribution in [3.8, 4) is 0 Å². The molecule has 5 nitrogen and oxygen atoms in total. The number of benzene rings is 2. The second kappa shape index (κ2) is 5.44. The molecular weight excluding hydrogens is 282 g/mol. The zero-order valence-corrected chi connectivity index (χ0v) is 11.6. The number of nitrogens with zero attached hydrogens (tertiary/aromatic N) is 1. The number of cyclic esters (lactones) is 1. The second-order valence-electron chi connectivity index (χ2n) is 5.09. The van der Waals surface area contributed by atoms with E-state index in [1.807, 2.05) is 30.3 Å². The molecule has 0 saturated carbocycles. The molecule has 2 aromatic carbocycles. The fraction of sp³-hybridized carbons (Fsp3) is 0.118. The normalized spacial score (nSPS) is 20.7. The van der Waals surface area contributed by atoms with E-state index in [-0.39, 0.29) is 11.6 Å². The second-order valence-corrected chi connectivity index (χ2v) is 5.09. The number of esters is 1. The largest absolute Gasteiger partial charge is 0.453 e. The van der Waals surface area contributed by atoms with E-state index in [0.29, 0.717) is 11.1 Å². The molecule has 0 unspecified atom stereocenters. The van der Waals surface area contributed by atoms with Crippen LogP contribution in [0.1, 0.15) is 23.1 Å². The van der Waals surface area contributed by atoms with Crippen molar-refractivity contribution in [2.45, 2.75) is 12.0 Å². The Labute approximate surface area is 127 Å². The third-order valence-corrected chi connectivity index (χ3v) is 3.77. The van der Waals surface area contributed by atoms with Gasteiger partial charge in [0, 0.05) is 17.7 Å². The summed E-state index contributed by atoms with van der Waals surface area (Å²) in [5.41, 5.74) is 2.05. The Hall–Kier alpha value is -2.95. The van der Waals surface area contributed by atoms with Crippen molar-refractivity contribution >= 4 is 11.7 Å². The average molecular weight is 295 g/mol. The molecule has 1 fully saturated rings. The summed E-state index contributed by atoms with van der Waals surface area (Å²) < 4.78 is 5.42. The van der Waals surface area contributed by atoms with Crippen LogP contribution in [0, 0.1) is 10.1 Å². The van der Waals surface area contributed by atoms with Gasteiger partial charge < -0.3 is 4.74 Å². The summed E-state index contributed by atoms with van der Waals surface area (Å²) in [6.07, 6.45) is -0.511. The van der Waals surface area contributed by atoms with Gasteiger partial charge in [-0.05, 0) is 23.3 Å². The number of non-ortho nitro benzene ring substituents is 1. The number of hydrogen-bond donors (Lipinski definition) is 0. The van der Waals surface area contributed by atoms with Gasteiger partial charge in [-0.2, -0.15) is 0 Å². The summed E-state index contributed by atoms with van der Waals surface area (Å²) >= 11 is 0. The third kappa shape index (κ3) is 2.37. The van der Waals surface area contributed by atoms with Crippen LogP contribution in [-0.2, 0) is 9.53 Å². The lowest BCUT2D eigenvalue weighted by Crippen LogP contribution is -2.07. The van der Waals surface area contributed by atoms with Gasteiger partial charge in [-0.1, -0.05) is 36.9 Å². The summed E-state index contributed by atoms with van der Waals surface area (Å²) in [4.78, 5) is 22.2. The number of ether oxygens (including phenoxy) is 1. The SMILES string of the molecule is C=C1C(=O)O[C@H](c2ccc([N+](=O)[O-])cc2)[C@H]1c1ccccc1. The highest BCUT2D eigenvalue weighted by Crippen LogP contribution is 2.45. The molecule has 0 bridgehead atoms. The van der Waals surface area contributed by atoms with E-state index in [1.54, 1.807) is 12.1 Å². The lowest BCUT2D eigenvalue weighted by molar-refractivity contribution is -0.384. The molecule has 2 aromatic rings. The van der Waals surface area contributed by atoms with Gasteiger partial charge in [-0.3, -0.25) is 10.1 Å². The number of carbonyl (C=O) groups is 1. The highest BCUT2D eigenvalue weighted by Gasteiger charge is 2.40. The van der Waals surface area contributed by atoms with E-state index in [9.17, 15) is 14.9 Å². The molecule has 0 radical (unpaired) electrons. The number of nitro groups is 1. The Morgan fingerprint density at radius 1 is 1.00 bits per heavy atom. The molecule has 0 N–H and O–H groups in total. The van der Waals surface area contributed by atoms with E-state index in [0.717, 1.165) is 5.56 Å². The highest BCUT2D eigenvalue weighted by molar-refractivity contribution is 5.92. The Kier molecular flexibility index (Phi) is 3.47. The van der Waals surface area contributed by atoms with E-state index in [2.05, 4.69) is 6.58 Å². The maximum Gasteiger partial charge on any atom is 0.334 e. The monoisotopic (exact) mass is 295 g/mol. The zero-order chi connectivity index (χ0) is 15.7. The standard InChI is InChI=1S/C17H13NO4/c1-11-15(12-5-3-2-4-6-12)16(22-17(11)19)13-7-9-14(10-8-13)18(20)21/h2-10,15-16H,1H2/t15-,16-/m1/s1. The van der Waals surface area contributed by atoms with E-state index < -0.39 is 17.0 Å². The Balaban J connectivity index is 1.99. The first kappa shape index (κ1) is 14.0. The Bertz CT molecular complexity index is 737. The molecule has 5 heteroatoms. The third-order valence-electron chi connectivity index (χ3n) is 3.77. The lowest BCUT2D eigenvalue weighted by atomic mass is 9.86. The first-order valence-corrected chi connectivity index (χ1v) is 6.77. The molecule has 22 heavy (non-hydrogen) atoms. The number of rotatable bonds is 3. The smallest absolute Gasteiger partial charge is 0.334 e. The molecule has 0 aliphatic carbocycles. The molecule has 1 aliphatic rings. The maximum absolute atomic E-state index is 11.9. The van der Waals surface area contributed by atoms with Crippen LogP contribution in [0.4, 0.5) is 5.69 Å². The number of hydrogen-bond acceptors (Lipinski definition) is 4. The summed E-state index contributed by atoms with van der Waals surface area (Å²) in [6, 6.07) is 15.5. The molecule has 1 aliphatic heterocycles. The number of nitro benzene ring substituents is 1. The van der Waals surface area contributed by atoms with Crippen LogP contribution in [-0.4, -0.2) is 10.9 Å². The summed E-state index contributed by atoms with van der Waals surface area (Å²) in [5.74, 6) is -0.715. The molecule has 1 heterocycles. The van der Waals surface area contributed by atoms with Crippen LogP contribution >= 0.6 is 0 Å². The topological polar surface area (TPSA) is 69.4 Å². The van der Waals surface area contributed by atoms with Gasteiger partial charge in [-0.15, -0.1) is 0 Å². The minimum Gasteiger partial charge on any atom is -0.453 e. The Morgan fingerprint density at radius 2 is 1.64 bits per heavy atom. The molecule has 110 valence electrons. The van der Waals surface area contributed by atoms with Crippen molar-refractivity contribution in [1.82, 2.24) is 0 Å². The van der Waals surface area contributed by atoms with Gasteiger partial charge in [0.25, 0.3) is 5.69 Å². The zero-order valence-electron chi connectivity index (χ0n) is 11.6. The van der Waals surface area contributed by atoms with Gasteiger partial charge in [-0.25, -0.2) is 4.79 Å². The van der Waals surface area contributed by atoms with E-state index >= 15 is 0 Å². The van der Waals surface area contributed by atoms with Gasteiger partial charge in [0.05, 0.1) is 10.8 Å². The van der Waals surface area contributed by atoms with Crippen LogP contribution in [0.5, 0.6) is 0 Å². The fourth-order valence-electron chi connectivity index (χ4n) is 2.65. The first-order chi connectivity index (χ1) is 10.6. The van der Waals surface area contributed by atoms with Crippen LogP contribution in [0.15, 0.2) is 66.7 Å². The van der Waals surface area contributed by atoms with Crippen molar-refractivity contribution < 1.29 is 14.5 Å². The van der Waals surface area contributed by atoms with Crippen LogP contribution in [0.2, 0.25) is 0 Å². The quantitative estimate of drug-likeness (QED) is 0.376. The van der Waals surface area contributed by atoms with Crippen molar-refractivity contribution in [2.75, 3.05) is 0 Å². The number of carbonyl (C=O) groups excluding carboxylic acids is 1. The summed E-state index contributed by atoms with van der Waals surface area (Å²) in [5, 5.41) is 10.7.